The first-order chi connectivity index (χ1) is 14.9. The fourth-order valence-corrected chi connectivity index (χ4v) is 4.33. The number of allylic oxidation sites excluding steroid dienone is 1. The van der Waals surface area contributed by atoms with Crippen LogP contribution in [0.15, 0.2) is 42.0 Å². The predicted molar refractivity (Wildman–Crippen MR) is 124 cm³/mol. The van der Waals surface area contributed by atoms with Crippen molar-refractivity contribution in [3.63, 3.8) is 0 Å². The number of carbonyl (C=O) groups is 1. The van der Waals surface area contributed by atoms with Crippen LogP contribution >= 0.6 is 0 Å². The Labute approximate surface area is 187 Å². The zero-order chi connectivity index (χ0) is 22.8. The Balaban J connectivity index is 2.06. The molecule has 5 nitrogen and oxygen atoms in total. The highest BCUT2D eigenvalue weighted by molar-refractivity contribution is 5.87. The highest BCUT2D eigenvalue weighted by atomic mass is 16.6. The number of esters is 1. The minimum absolute atomic E-state index is 0.0410. The second-order valence-corrected chi connectivity index (χ2v) is 8.75. The lowest BCUT2D eigenvalue weighted by Crippen LogP contribution is -2.47. The Morgan fingerprint density at radius 3 is 2.48 bits per heavy atom. The fourth-order valence-electron chi connectivity index (χ4n) is 4.33. The van der Waals surface area contributed by atoms with Crippen LogP contribution in [0.3, 0.4) is 0 Å². The average molecular weight is 431 g/mol. The van der Waals surface area contributed by atoms with Crippen LogP contribution in [0.5, 0.6) is 5.75 Å². The van der Waals surface area contributed by atoms with Crippen molar-refractivity contribution in [2.24, 2.45) is 17.8 Å². The monoisotopic (exact) mass is 430 g/mol. The molecule has 0 amide bonds. The summed E-state index contributed by atoms with van der Waals surface area (Å²) < 4.78 is 16.8. The molecule has 2 rings (SSSR count). The van der Waals surface area contributed by atoms with Crippen molar-refractivity contribution in [1.82, 2.24) is 0 Å². The molecule has 1 aromatic carbocycles. The molecule has 0 heterocycles. The Bertz CT molecular complexity index is 735. The quantitative estimate of drug-likeness (QED) is 0.320. The number of carbonyl (C=O) groups excluding carboxylic acids is 1. The van der Waals surface area contributed by atoms with Crippen molar-refractivity contribution in [2.45, 2.75) is 58.7 Å². The summed E-state index contributed by atoms with van der Waals surface area (Å²) >= 11 is 0. The molecule has 0 saturated heterocycles. The number of aliphatic hydroxyl groups excluding tert-OH is 1. The number of rotatable bonds is 10. The molecule has 0 aliphatic heterocycles. The first-order valence-electron chi connectivity index (χ1n) is 11.2. The van der Waals surface area contributed by atoms with Crippen LogP contribution in [0.4, 0.5) is 0 Å². The van der Waals surface area contributed by atoms with Crippen LogP contribution < -0.4 is 4.74 Å². The summed E-state index contributed by atoms with van der Waals surface area (Å²) in [6, 6.07) is 7.46. The van der Waals surface area contributed by atoms with Crippen molar-refractivity contribution >= 4 is 12.0 Å². The van der Waals surface area contributed by atoms with E-state index in [1.54, 1.807) is 20.3 Å². The molecule has 1 N–H and O–H groups in total. The van der Waals surface area contributed by atoms with Crippen molar-refractivity contribution in [2.75, 3.05) is 20.8 Å². The van der Waals surface area contributed by atoms with E-state index in [2.05, 4.69) is 26.8 Å². The van der Waals surface area contributed by atoms with E-state index >= 15 is 0 Å². The zero-order valence-corrected chi connectivity index (χ0v) is 19.5. The topological polar surface area (TPSA) is 65.0 Å². The van der Waals surface area contributed by atoms with Gasteiger partial charge in [0, 0.05) is 25.7 Å². The standard InChI is InChI=1S/C26H38O5/c1-18(2)7-6-8-19(3)25-21(17-27)12-15-23(26(25)30-5)31-24(28)16-11-20-9-13-22(29-4)14-10-20/h8-11,13-14,16,18,21,23,25-27H,6-7,12,15,17H2,1-5H3/b16-11+,19-8+/t21-,23-,25?,26-/m1/s1. The van der Waals surface area contributed by atoms with Crippen molar-refractivity contribution < 1.29 is 24.1 Å². The second kappa shape index (κ2) is 12.7. The van der Waals surface area contributed by atoms with Crippen molar-refractivity contribution in [1.29, 1.82) is 0 Å². The lowest BCUT2D eigenvalue weighted by Gasteiger charge is -2.41. The second-order valence-electron chi connectivity index (χ2n) is 8.75. The van der Waals surface area contributed by atoms with Gasteiger partial charge in [0.15, 0.2) is 0 Å². The van der Waals surface area contributed by atoms with E-state index < -0.39 is 0 Å². The highest BCUT2D eigenvalue weighted by Gasteiger charge is 2.41. The molecule has 1 aromatic rings. The molecule has 5 heteroatoms. The zero-order valence-electron chi connectivity index (χ0n) is 19.5. The summed E-state index contributed by atoms with van der Waals surface area (Å²) in [5.41, 5.74) is 2.10. The lowest BCUT2D eigenvalue weighted by atomic mass is 9.72. The molecular weight excluding hydrogens is 392 g/mol. The maximum atomic E-state index is 12.5. The minimum atomic E-state index is -0.384. The van der Waals surface area contributed by atoms with Gasteiger partial charge in [-0.2, -0.15) is 0 Å². The van der Waals surface area contributed by atoms with Gasteiger partial charge in [-0.1, -0.05) is 37.6 Å². The smallest absolute Gasteiger partial charge is 0.331 e. The van der Waals surface area contributed by atoms with Crippen LogP contribution in [0.1, 0.15) is 52.0 Å². The van der Waals surface area contributed by atoms with Crippen LogP contribution in [0.2, 0.25) is 0 Å². The number of benzene rings is 1. The molecule has 1 fully saturated rings. The van der Waals surface area contributed by atoms with E-state index in [1.165, 1.54) is 11.6 Å². The van der Waals surface area contributed by atoms with E-state index in [0.29, 0.717) is 12.3 Å². The molecule has 1 unspecified atom stereocenters. The van der Waals surface area contributed by atoms with E-state index in [4.69, 9.17) is 14.2 Å². The van der Waals surface area contributed by atoms with Crippen molar-refractivity contribution in [3.8, 4) is 5.75 Å². The van der Waals surface area contributed by atoms with Gasteiger partial charge < -0.3 is 19.3 Å². The third kappa shape index (κ3) is 7.51. The average Bonchev–Trinajstić information content (AvgIpc) is 2.77. The molecule has 1 aliphatic carbocycles. The number of aliphatic hydroxyl groups is 1. The number of methoxy groups -OCH3 is 2. The summed E-state index contributed by atoms with van der Waals surface area (Å²) in [7, 11) is 3.28. The molecule has 4 atom stereocenters. The number of hydrogen-bond acceptors (Lipinski definition) is 5. The molecule has 0 bridgehead atoms. The van der Waals surface area contributed by atoms with Gasteiger partial charge in [0.1, 0.15) is 18.0 Å². The largest absolute Gasteiger partial charge is 0.497 e. The summed E-state index contributed by atoms with van der Waals surface area (Å²) in [6.07, 6.45) is 8.46. The number of hydrogen-bond donors (Lipinski definition) is 1. The van der Waals surface area contributed by atoms with Crippen LogP contribution in [-0.2, 0) is 14.3 Å². The third-order valence-corrected chi connectivity index (χ3v) is 6.09. The van der Waals surface area contributed by atoms with Crippen LogP contribution in [0.25, 0.3) is 6.08 Å². The molecule has 0 aromatic heterocycles. The molecule has 1 aliphatic rings. The fraction of sp³-hybridized carbons (Fsp3) is 0.577. The third-order valence-electron chi connectivity index (χ3n) is 6.09. The summed E-state index contributed by atoms with van der Waals surface area (Å²) in [5, 5.41) is 9.94. The normalized spacial score (nSPS) is 24.5. The van der Waals surface area contributed by atoms with Gasteiger partial charge in [0.05, 0.1) is 7.11 Å². The summed E-state index contributed by atoms with van der Waals surface area (Å²) in [4.78, 5) is 12.5. The van der Waals surface area contributed by atoms with E-state index in [-0.39, 0.29) is 36.6 Å². The van der Waals surface area contributed by atoms with E-state index in [0.717, 1.165) is 30.6 Å². The summed E-state index contributed by atoms with van der Waals surface area (Å²) in [6.45, 7) is 6.64. The molecule has 0 spiro atoms. The minimum Gasteiger partial charge on any atom is -0.497 e. The van der Waals surface area contributed by atoms with Gasteiger partial charge in [0.2, 0.25) is 0 Å². The number of ether oxygens (including phenoxy) is 3. The first kappa shape index (κ1) is 25.2. The molecular formula is C26H38O5. The maximum Gasteiger partial charge on any atom is 0.331 e. The summed E-state index contributed by atoms with van der Waals surface area (Å²) in [5.74, 6) is 1.19. The van der Waals surface area contributed by atoms with E-state index in [9.17, 15) is 9.90 Å². The van der Waals surface area contributed by atoms with Gasteiger partial charge in [-0.15, -0.1) is 0 Å². The van der Waals surface area contributed by atoms with Gasteiger partial charge in [0.25, 0.3) is 0 Å². The Kier molecular flexibility index (Phi) is 10.3. The first-order valence-corrected chi connectivity index (χ1v) is 11.2. The van der Waals surface area contributed by atoms with Gasteiger partial charge in [-0.3, -0.25) is 0 Å². The molecule has 0 radical (unpaired) electrons. The molecule has 172 valence electrons. The Morgan fingerprint density at radius 2 is 1.90 bits per heavy atom. The van der Waals surface area contributed by atoms with Gasteiger partial charge in [-0.25, -0.2) is 4.79 Å². The molecule has 1 saturated carbocycles. The Hall–Kier alpha value is -2.11. The van der Waals surface area contributed by atoms with Crippen LogP contribution in [-0.4, -0.2) is 44.1 Å². The van der Waals surface area contributed by atoms with Crippen LogP contribution in [0, 0.1) is 17.8 Å². The van der Waals surface area contributed by atoms with Gasteiger partial charge in [-0.05, 0) is 68.2 Å². The lowest BCUT2D eigenvalue weighted by molar-refractivity contribution is -0.159. The Morgan fingerprint density at radius 1 is 1.19 bits per heavy atom. The predicted octanol–water partition coefficient (Wildman–Crippen LogP) is 5.04. The maximum absolute atomic E-state index is 12.5. The van der Waals surface area contributed by atoms with Crippen molar-refractivity contribution in [3.05, 3.63) is 47.6 Å². The SMILES string of the molecule is COc1ccc(/C=C/C(=O)O[C@@H]2CC[C@H](CO)C(/C(C)=C/CCC(C)C)[C@@H]2OC)cc1. The van der Waals surface area contributed by atoms with E-state index in [1.807, 2.05) is 24.3 Å². The van der Waals surface area contributed by atoms with Gasteiger partial charge >= 0.3 is 5.97 Å². The highest BCUT2D eigenvalue weighted by Crippen LogP contribution is 2.38. The molecule has 31 heavy (non-hydrogen) atoms.